The Bertz CT molecular complexity index is 282. The molecule has 5 nitrogen and oxygen atoms in total. The first kappa shape index (κ1) is 13.6. The highest BCUT2D eigenvalue weighted by atomic mass is 16.4. The van der Waals surface area contributed by atoms with E-state index in [1.54, 1.807) is 0 Å². The fourth-order valence-electron chi connectivity index (χ4n) is 3.18. The maximum atomic E-state index is 8.47. The van der Waals surface area contributed by atoms with Crippen LogP contribution in [0, 0.1) is 0 Å². The summed E-state index contributed by atoms with van der Waals surface area (Å²) in [5.41, 5.74) is 5.47. The van der Waals surface area contributed by atoms with E-state index in [-0.39, 0.29) is 0 Å². The third kappa shape index (κ3) is 3.85. The summed E-state index contributed by atoms with van der Waals surface area (Å²) >= 11 is 0. The Balaban J connectivity index is 1.66. The number of hydrogen-bond donors (Lipinski definition) is 2. The molecule has 1 unspecified atom stereocenters. The molecule has 0 aromatic carbocycles. The minimum atomic E-state index is 0.354. The van der Waals surface area contributed by atoms with Gasteiger partial charge in [-0.1, -0.05) is 5.16 Å². The fraction of sp³-hybridized carbons (Fsp3) is 0.923. The van der Waals surface area contributed by atoms with Gasteiger partial charge in [-0.05, 0) is 58.3 Å². The van der Waals surface area contributed by atoms with Gasteiger partial charge in [-0.2, -0.15) is 0 Å². The first-order valence-corrected chi connectivity index (χ1v) is 7.22. The maximum absolute atomic E-state index is 8.47. The van der Waals surface area contributed by atoms with Gasteiger partial charge in [-0.3, -0.25) is 4.90 Å². The van der Waals surface area contributed by atoms with Gasteiger partial charge >= 0.3 is 0 Å². The van der Waals surface area contributed by atoms with Gasteiger partial charge < -0.3 is 15.8 Å². The highest BCUT2D eigenvalue weighted by molar-refractivity contribution is 5.79. The molecule has 0 aliphatic carbocycles. The molecule has 2 rings (SSSR count). The molecule has 0 bridgehead atoms. The van der Waals surface area contributed by atoms with E-state index in [1.165, 1.54) is 45.4 Å². The maximum Gasteiger partial charge on any atom is 0.139 e. The second kappa shape index (κ2) is 6.95. The Morgan fingerprint density at radius 1 is 1.22 bits per heavy atom. The molecule has 2 aliphatic heterocycles. The van der Waals surface area contributed by atoms with Gasteiger partial charge in [-0.15, -0.1) is 0 Å². The molecule has 2 saturated heterocycles. The third-order valence-corrected chi connectivity index (χ3v) is 4.17. The van der Waals surface area contributed by atoms with E-state index in [0.29, 0.717) is 12.3 Å². The molecule has 0 aromatic rings. The number of rotatable bonds is 5. The molecule has 3 N–H and O–H groups in total. The van der Waals surface area contributed by atoms with Crippen molar-refractivity contribution in [2.24, 2.45) is 10.9 Å². The van der Waals surface area contributed by atoms with E-state index >= 15 is 0 Å². The lowest BCUT2D eigenvalue weighted by Crippen LogP contribution is -2.37. The van der Waals surface area contributed by atoms with Crippen LogP contribution in [0.1, 0.15) is 38.5 Å². The Labute approximate surface area is 110 Å². The zero-order chi connectivity index (χ0) is 12.8. The molecule has 0 aromatic heterocycles. The number of amidine groups is 1. The van der Waals surface area contributed by atoms with Gasteiger partial charge in [0.15, 0.2) is 0 Å². The molecular weight excluding hydrogens is 228 g/mol. The topological polar surface area (TPSA) is 65.1 Å². The lowest BCUT2D eigenvalue weighted by molar-refractivity contribution is 0.218. The molecular formula is C13H26N4O. The van der Waals surface area contributed by atoms with Crippen LogP contribution in [0.5, 0.6) is 0 Å². The lowest BCUT2D eigenvalue weighted by Gasteiger charge is -2.25. The van der Waals surface area contributed by atoms with Crippen molar-refractivity contribution in [1.29, 1.82) is 0 Å². The summed E-state index contributed by atoms with van der Waals surface area (Å²) in [6.07, 6.45) is 6.92. The standard InChI is InChI=1S/C13H26N4O/c14-13(15-18)6-1-2-7-16-8-4-10-17-9-3-5-12(17)11-16/h12,18H,1-11H2,(H2,14,15). The lowest BCUT2D eigenvalue weighted by atomic mass is 10.2. The van der Waals surface area contributed by atoms with Crippen molar-refractivity contribution < 1.29 is 5.21 Å². The molecule has 5 heteroatoms. The molecule has 0 radical (unpaired) electrons. The van der Waals surface area contributed by atoms with Crippen molar-refractivity contribution in [2.75, 3.05) is 32.7 Å². The van der Waals surface area contributed by atoms with Gasteiger partial charge in [0.2, 0.25) is 0 Å². The summed E-state index contributed by atoms with van der Waals surface area (Å²) in [6, 6.07) is 0.802. The zero-order valence-electron chi connectivity index (χ0n) is 11.2. The van der Waals surface area contributed by atoms with E-state index in [9.17, 15) is 0 Å². The predicted octanol–water partition coefficient (Wildman–Crippen LogP) is 1.07. The number of hydrogen-bond acceptors (Lipinski definition) is 4. The molecule has 2 heterocycles. The quantitative estimate of drug-likeness (QED) is 0.253. The fourth-order valence-corrected chi connectivity index (χ4v) is 3.18. The monoisotopic (exact) mass is 254 g/mol. The number of nitrogens with zero attached hydrogens (tertiary/aromatic N) is 3. The van der Waals surface area contributed by atoms with Crippen molar-refractivity contribution in [3.8, 4) is 0 Å². The van der Waals surface area contributed by atoms with Crippen molar-refractivity contribution >= 4 is 5.84 Å². The second-order valence-electron chi connectivity index (χ2n) is 5.53. The normalized spacial score (nSPS) is 27.1. The van der Waals surface area contributed by atoms with Crippen LogP contribution in [0.4, 0.5) is 0 Å². The first-order chi connectivity index (χ1) is 8.79. The van der Waals surface area contributed by atoms with Gasteiger partial charge in [0, 0.05) is 19.0 Å². The van der Waals surface area contributed by atoms with Crippen molar-refractivity contribution in [3.63, 3.8) is 0 Å². The molecule has 2 aliphatic rings. The van der Waals surface area contributed by atoms with Gasteiger partial charge in [0.1, 0.15) is 5.84 Å². The first-order valence-electron chi connectivity index (χ1n) is 7.22. The molecule has 104 valence electrons. The van der Waals surface area contributed by atoms with Crippen LogP contribution in [0.25, 0.3) is 0 Å². The number of fused-ring (bicyclic) bond motifs is 1. The van der Waals surface area contributed by atoms with E-state index < -0.39 is 0 Å². The van der Waals surface area contributed by atoms with Crippen LogP contribution in [0.2, 0.25) is 0 Å². The Kier molecular flexibility index (Phi) is 5.26. The van der Waals surface area contributed by atoms with Crippen molar-refractivity contribution in [2.45, 2.75) is 44.6 Å². The summed E-state index contributed by atoms with van der Waals surface area (Å²) in [7, 11) is 0. The molecule has 0 amide bonds. The van der Waals surface area contributed by atoms with E-state index in [0.717, 1.165) is 25.4 Å². The minimum Gasteiger partial charge on any atom is -0.409 e. The smallest absolute Gasteiger partial charge is 0.139 e. The van der Waals surface area contributed by atoms with Crippen molar-refractivity contribution in [1.82, 2.24) is 9.80 Å². The van der Waals surface area contributed by atoms with E-state index in [1.807, 2.05) is 0 Å². The van der Waals surface area contributed by atoms with E-state index in [2.05, 4.69) is 15.0 Å². The largest absolute Gasteiger partial charge is 0.409 e. The van der Waals surface area contributed by atoms with Gasteiger partial charge in [-0.25, -0.2) is 0 Å². The average Bonchev–Trinajstić information content (AvgIpc) is 2.73. The van der Waals surface area contributed by atoms with Crippen LogP contribution < -0.4 is 5.73 Å². The highest BCUT2D eigenvalue weighted by Gasteiger charge is 2.28. The SMILES string of the molecule is NC(CCCCN1CCCN2CCCC2C1)=NO. The molecule has 18 heavy (non-hydrogen) atoms. The number of unbranched alkanes of at least 4 members (excludes halogenated alkanes) is 1. The summed E-state index contributed by atoms with van der Waals surface area (Å²) in [5.74, 6) is 0.354. The summed E-state index contributed by atoms with van der Waals surface area (Å²) in [6.45, 7) is 6.22. The number of nitrogens with two attached hydrogens (primary N) is 1. The van der Waals surface area contributed by atoms with Crippen LogP contribution in [-0.2, 0) is 0 Å². The van der Waals surface area contributed by atoms with E-state index in [4.69, 9.17) is 10.9 Å². The summed E-state index contributed by atoms with van der Waals surface area (Å²) < 4.78 is 0. The average molecular weight is 254 g/mol. The molecule has 0 spiro atoms. The summed E-state index contributed by atoms with van der Waals surface area (Å²) in [4.78, 5) is 5.26. The number of oxime groups is 1. The minimum absolute atomic E-state index is 0.354. The van der Waals surface area contributed by atoms with Crippen LogP contribution >= 0.6 is 0 Å². The highest BCUT2D eigenvalue weighted by Crippen LogP contribution is 2.21. The van der Waals surface area contributed by atoms with Crippen molar-refractivity contribution in [3.05, 3.63) is 0 Å². The zero-order valence-corrected chi connectivity index (χ0v) is 11.2. The molecule has 0 saturated carbocycles. The van der Waals surface area contributed by atoms with Crippen LogP contribution in [0.15, 0.2) is 5.16 Å². The molecule has 2 fully saturated rings. The van der Waals surface area contributed by atoms with Gasteiger partial charge in [0.25, 0.3) is 0 Å². The Morgan fingerprint density at radius 2 is 2.06 bits per heavy atom. The van der Waals surface area contributed by atoms with Crippen LogP contribution in [0.3, 0.4) is 0 Å². The van der Waals surface area contributed by atoms with Crippen LogP contribution in [-0.4, -0.2) is 59.6 Å². The third-order valence-electron chi connectivity index (χ3n) is 4.17. The molecule has 1 atom stereocenters. The Hall–Kier alpha value is -0.810. The Morgan fingerprint density at radius 3 is 2.89 bits per heavy atom. The summed E-state index contributed by atoms with van der Waals surface area (Å²) in [5, 5.41) is 11.5. The predicted molar refractivity (Wildman–Crippen MR) is 72.9 cm³/mol. The van der Waals surface area contributed by atoms with Gasteiger partial charge in [0.05, 0.1) is 0 Å². The second-order valence-corrected chi connectivity index (χ2v) is 5.53.